The van der Waals surface area contributed by atoms with Crippen molar-refractivity contribution < 1.29 is 4.74 Å². The lowest BCUT2D eigenvalue weighted by Gasteiger charge is -2.14. The number of thiophene rings is 1. The number of allylic oxidation sites excluding steroid dienone is 2. The lowest BCUT2D eigenvalue weighted by molar-refractivity contribution is 0.269. The average Bonchev–Trinajstić information content (AvgIpc) is 3.55. The number of ether oxygens (including phenoxy) is 1. The van der Waals surface area contributed by atoms with Gasteiger partial charge in [0, 0.05) is 48.3 Å². The van der Waals surface area contributed by atoms with E-state index in [4.69, 9.17) is 19.7 Å². The normalized spacial score (nSPS) is 17.5. The highest BCUT2D eigenvalue weighted by molar-refractivity contribution is 7.25. The van der Waals surface area contributed by atoms with Crippen molar-refractivity contribution in [3.05, 3.63) is 121 Å². The quantitative estimate of drug-likeness (QED) is 0.242. The Balaban J connectivity index is 1.30. The number of nitrogens with zero attached hydrogens (tertiary/aromatic N) is 3. The first-order valence-electron chi connectivity index (χ1n) is 12.7. The smallest absolute Gasteiger partial charge is 0.164 e. The fourth-order valence-electron chi connectivity index (χ4n) is 5.40. The van der Waals surface area contributed by atoms with Crippen LogP contribution < -0.4 is 4.74 Å². The van der Waals surface area contributed by atoms with E-state index in [0.29, 0.717) is 17.5 Å². The summed E-state index contributed by atoms with van der Waals surface area (Å²) in [5.74, 6) is 3.12. The number of hydrogen-bond donors (Lipinski definition) is 0. The predicted octanol–water partition coefficient (Wildman–Crippen LogP) is 8.21. The molecule has 1 aliphatic carbocycles. The highest BCUT2D eigenvalue weighted by Crippen LogP contribution is 2.43. The minimum atomic E-state index is 0.0474. The molecule has 0 saturated carbocycles. The molecule has 1 aliphatic heterocycles. The molecule has 0 amide bonds. The van der Waals surface area contributed by atoms with E-state index in [0.717, 1.165) is 22.4 Å². The predicted molar refractivity (Wildman–Crippen MR) is 154 cm³/mol. The van der Waals surface area contributed by atoms with Gasteiger partial charge in [-0.2, -0.15) is 0 Å². The lowest BCUT2D eigenvalue weighted by Crippen LogP contribution is -2.15. The van der Waals surface area contributed by atoms with E-state index >= 15 is 0 Å². The van der Waals surface area contributed by atoms with Crippen LogP contribution in [-0.4, -0.2) is 21.1 Å². The fraction of sp³-hybridized carbons (Fsp3) is 0.0606. The van der Waals surface area contributed by atoms with Crippen LogP contribution >= 0.6 is 11.3 Å². The van der Waals surface area contributed by atoms with Crippen molar-refractivity contribution in [1.29, 1.82) is 0 Å². The molecule has 0 radical (unpaired) electrons. The van der Waals surface area contributed by atoms with E-state index in [1.54, 1.807) is 0 Å². The van der Waals surface area contributed by atoms with Gasteiger partial charge in [0.1, 0.15) is 11.9 Å². The zero-order chi connectivity index (χ0) is 25.1. The maximum Gasteiger partial charge on any atom is 0.164 e. The molecule has 0 bridgehead atoms. The molecule has 5 heteroatoms. The highest BCUT2D eigenvalue weighted by Gasteiger charge is 2.32. The zero-order valence-corrected chi connectivity index (χ0v) is 21.1. The van der Waals surface area contributed by atoms with Crippen molar-refractivity contribution in [3.63, 3.8) is 0 Å². The van der Waals surface area contributed by atoms with Crippen LogP contribution in [0.4, 0.5) is 0 Å². The monoisotopic (exact) mass is 507 g/mol. The molecule has 180 valence electrons. The second kappa shape index (κ2) is 8.47. The van der Waals surface area contributed by atoms with Gasteiger partial charge in [0.15, 0.2) is 17.5 Å². The van der Waals surface area contributed by atoms with E-state index in [9.17, 15) is 0 Å². The summed E-state index contributed by atoms with van der Waals surface area (Å²) >= 11 is 1.81. The van der Waals surface area contributed by atoms with Gasteiger partial charge < -0.3 is 4.74 Å². The van der Waals surface area contributed by atoms with Gasteiger partial charge in [-0.05, 0) is 48.5 Å². The van der Waals surface area contributed by atoms with Crippen LogP contribution in [0.1, 0.15) is 11.5 Å². The Morgan fingerprint density at radius 3 is 2.13 bits per heavy atom. The van der Waals surface area contributed by atoms with E-state index in [-0.39, 0.29) is 12.0 Å². The Morgan fingerprint density at radius 1 is 0.579 bits per heavy atom. The molecule has 38 heavy (non-hydrogen) atoms. The van der Waals surface area contributed by atoms with Crippen LogP contribution in [0, 0.1) is 0 Å². The van der Waals surface area contributed by atoms with Gasteiger partial charge in [-0.25, -0.2) is 15.0 Å². The molecule has 3 heterocycles. The first-order valence-corrected chi connectivity index (χ1v) is 13.5. The van der Waals surface area contributed by atoms with Crippen LogP contribution in [0.25, 0.3) is 54.3 Å². The molecule has 2 unspecified atom stereocenters. The number of fused-ring (bicyclic) bond motifs is 6. The van der Waals surface area contributed by atoms with Gasteiger partial charge in [0.2, 0.25) is 0 Å². The van der Waals surface area contributed by atoms with Crippen molar-refractivity contribution in [2.45, 2.75) is 12.0 Å². The SMILES string of the molecule is C1=CC2Oc3ccc(-c4nc(-c5ccccc5)nc(-c5ccc6sc7ccccc7c6c5)n4)cc3C2C=C1. The van der Waals surface area contributed by atoms with Crippen LogP contribution in [0.2, 0.25) is 0 Å². The second-order valence-electron chi connectivity index (χ2n) is 9.61. The standard InChI is InChI=1S/C33H21N3OS/c1-2-8-20(9-3-1)31-34-32(21-14-16-28-25(18-21)23-10-4-6-12-27(23)37-28)36-33(35-31)22-15-17-30-26(19-22)24-11-5-7-13-29(24)38-30/h1-19,23,27H. The molecule has 0 N–H and O–H groups in total. The highest BCUT2D eigenvalue weighted by atomic mass is 32.1. The topological polar surface area (TPSA) is 47.9 Å². The first kappa shape index (κ1) is 21.5. The van der Waals surface area contributed by atoms with Gasteiger partial charge in [0.05, 0.1) is 0 Å². The fourth-order valence-corrected chi connectivity index (χ4v) is 6.48. The summed E-state index contributed by atoms with van der Waals surface area (Å²) in [6, 6.07) is 31.4. The number of aromatic nitrogens is 3. The molecule has 8 rings (SSSR count). The third-order valence-corrected chi connectivity index (χ3v) is 8.43. The maximum absolute atomic E-state index is 6.17. The number of rotatable bonds is 3. The summed E-state index contributed by atoms with van der Waals surface area (Å²) in [7, 11) is 0. The van der Waals surface area contributed by atoms with E-state index < -0.39 is 0 Å². The van der Waals surface area contributed by atoms with Gasteiger partial charge in [-0.15, -0.1) is 11.3 Å². The minimum absolute atomic E-state index is 0.0474. The summed E-state index contributed by atoms with van der Waals surface area (Å²) in [5, 5.41) is 2.49. The molecule has 2 atom stereocenters. The van der Waals surface area contributed by atoms with Crippen LogP contribution in [0.3, 0.4) is 0 Å². The van der Waals surface area contributed by atoms with Crippen molar-refractivity contribution in [2.75, 3.05) is 0 Å². The number of benzene rings is 4. The molecular formula is C33H21N3OS. The molecule has 0 fully saturated rings. The molecule has 2 aromatic heterocycles. The first-order chi connectivity index (χ1) is 18.8. The van der Waals surface area contributed by atoms with E-state index in [1.165, 1.54) is 25.7 Å². The molecular weight excluding hydrogens is 486 g/mol. The Bertz CT molecular complexity index is 1920. The number of hydrogen-bond acceptors (Lipinski definition) is 5. The van der Waals surface area contributed by atoms with Gasteiger partial charge in [0.25, 0.3) is 0 Å². The summed E-state index contributed by atoms with van der Waals surface area (Å²) in [4.78, 5) is 14.9. The summed E-state index contributed by atoms with van der Waals surface area (Å²) in [6.45, 7) is 0. The molecule has 2 aliphatic rings. The second-order valence-corrected chi connectivity index (χ2v) is 10.7. The average molecular weight is 508 g/mol. The van der Waals surface area contributed by atoms with E-state index in [1.807, 2.05) is 59.9 Å². The summed E-state index contributed by atoms with van der Waals surface area (Å²) < 4.78 is 8.71. The van der Waals surface area contributed by atoms with Gasteiger partial charge in [-0.1, -0.05) is 66.8 Å². The third kappa shape index (κ3) is 3.47. The minimum Gasteiger partial charge on any atom is -0.485 e. The van der Waals surface area contributed by atoms with Crippen LogP contribution in [0.5, 0.6) is 5.75 Å². The largest absolute Gasteiger partial charge is 0.485 e. The Labute approximate surface area is 223 Å². The van der Waals surface area contributed by atoms with Crippen molar-refractivity contribution in [3.8, 4) is 39.9 Å². The van der Waals surface area contributed by atoms with Crippen LogP contribution in [0.15, 0.2) is 115 Å². The lowest BCUT2D eigenvalue weighted by atomic mass is 9.91. The maximum atomic E-state index is 6.17. The van der Waals surface area contributed by atoms with Gasteiger partial charge in [-0.3, -0.25) is 0 Å². The zero-order valence-electron chi connectivity index (χ0n) is 20.3. The Kier molecular flexibility index (Phi) is 4.79. The molecule has 6 aromatic rings. The van der Waals surface area contributed by atoms with Crippen LogP contribution in [-0.2, 0) is 0 Å². The summed E-state index contributed by atoms with van der Waals surface area (Å²) in [5.41, 5.74) is 4.07. The van der Waals surface area contributed by atoms with Crippen molar-refractivity contribution in [1.82, 2.24) is 15.0 Å². The van der Waals surface area contributed by atoms with Gasteiger partial charge >= 0.3 is 0 Å². The molecule has 4 aromatic carbocycles. The Hall–Kier alpha value is -4.61. The Morgan fingerprint density at radius 2 is 1.26 bits per heavy atom. The molecule has 0 saturated heterocycles. The van der Waals surface area contributed by atoms with Crippen molar-refractivity contribution >= 4 is 31.5 Å². The van der Waals surface area contributed by atoms with Crippen molar-refractivity contribution in [2.24, 2.45) is 0 Å². The molecule has 0 spiro atoms. The summed E-state index contributed by atoms with van der Waals surface area (Å²) in [6.07, 6.45) is 8.50. The molecule has 4 nitrogen and oxygen atoms in total. The van der Waals surface area contributed by atoms with E-state index in [2.05, 4.69) is 66.8 Å². The third-order valence-electron chi connectivity index (χ3n) is 7.28.